The molecular weight excluding hydrogens is 256 g/mol. The van der Waals surface area contributed by atoms with E-state index in [1.807, 2.05) is 31.2 Å². The number of aryl methyl sites for hydroxylation is 1. The van der Waals surface area contributed by atoms with Crippen LogP contribution in [0.4, 0.5) is 0 Å². The molecule has 0 bridgehead atoms. The summed E-state index contributed by atoms with van der Waals surface area (Å²) in [6.45, 7) is 1.97. The number of hydrogen-bond acceptors (Lipinski definition) is 4. The van der Waals surface area contributed by atoms with E-state index in [4.69, 9.17) is 4.74 Å². The van der Waals surface area contributed by atoms with E-state index in [1.165, 1.54) is 6.07 Å². The van der Waals surface area contributed by atoms with Crippen LogP contribution in [-0.4, -0.2) is 16.0 Å². The molecule has 0 spiro atoms. The van der Waals surface area contributed by atoms with Crippen LogP contribution in [0, 0.1) is 6.92 Å². The van der Waals surface area contributed by atoms with E-state index >= 15 is 0 Å². The number of rotatable bonds is 1. The highest BCUT2D eigenvalue weighted by atomic mass is 16.5. The van der Waals surface area contributed by atoms with Gasteiger partial charge in [-0.2, -0.15) is 0 Å². The van der Waals surface area contributed by atoms with Crippen molar-refractivity contribution in [2.45, 2.75) is 19.4 Å². The molecule has 0 saturated carbocycles. The van der Waals surface area contributed by atoms with Gasteiger partial charge in [0.05, 0.1) is 6.42 Å². The lowest BCUT2D eigenvalue weighted by Gasteiger charge is -2.26. The van der Waals surface area contributed by atoms with Crippen LogP contribution in [0.2, 0.25) is 0 Å². The standard InChI is InChI=1S/C16H14O4/c1-9-3-2-4-10(5-9)14-8-13(19)16-12(18)6-11(17)7-15(16)20-14/h2-7,14,17-18H,8H2,1H3. The molecule has 1 unspecified atom stereocenters. The van der Waals surface area contributed by atoms with Crippen molar-refractivity contribution in [2.75, 3.05) is 0 Å². The number of benzene rings is 2. The Hall–Kier alpha value is -2.49. The highest BCUT2D eigenvalue weighted by Gasteiger charge is 2.30. The number of fused-ring (bicyclic) bond motifs is 1. The van der Waals surface area contributed by atoms with Gasteiger partial charge in [-0.15, -0.1) is 0 Å². The molecule has 20 heavy (non-hydrogen) atoms. The molecule has 0 fully saturated rings. The van der Waals surface area contributed by atoms with Gasteiger partial charge in [-0.3, -0.25) is 4.79 Å². The minimum absolute atomic E-state index is 0.126. The Morgan fingerprint density at radius 3 is 2.75 bits per heavy atom. The van der Waals surface area contributed by atoms with Crippen LogP contribution in [0.15, 0.2) is 36.4 Å². The Balaban J connectivity index is 2.02. The van der Waals surface area contributed by atoms with E-state index in [2.05, 4.69) is 0 Å². The van der Waals surface area contributed by atoms with Gasteiger partial charge in [0.2, 0.25) is 0 Å². The first kappa shape index (κ1) is 12.5. The second kappa shape index (κ2) is 4.56. The Kier molecular flexibility index (Phi) is 2.86. The molecule has 0 amide bonds. The molecule has 0 radical (unpaired) electrons. The molecule has 1 heterocycles. The van der Waals surface area contributed by atoms with E-state index in [1.54, 1.807) is 0 Å². The van der Waals surface area contributed by atoms with Crippen molar-refractivity contribution in [1.82, 2.24) is 0 Å². The van der Waals surface area contributed by atoms with E-state index in [0.29, 0.717) is 0 Å². The third-order valence-electron chi connectivity index (χ3n) is 3.40. The first-order valence-electron chi connectivity index (χ1n) is 6.37. The summed E-state index contributed by atoms with van der Waals surface area (Å²) in [5.41, 5.74) is 2.14. The number of carbonyl (C=O) groups excluding carboxylic acids is 1. The van der Waals surface area contributed by atoms with E-state index in [0.717, 1.165) is 17.2 Å². The number of hydrogen-bond donors (Lipinski definition) is 2. The highest BCUT2D eigenvalue weighted by molar-refractivity contribution is 6.02. The topological polar surface area (TPSA) is 66.8 Å². The zero-order valence-corrected chi connectivity index (χ0v) is 11.0. The van der Waals surface area contributed by atoms with Crippen LogP contribution in [0.1, 0.15) is 34.0 Å². The third kappa shape index (κ3) is 2.09. The average Bonchev–Trinajstić information content (AvgIpc) is 2.37. The van der Waals surface area contributed by atoms with Crippen LogP contribution in [-0.2, 0) is 0 Å². The minimum Gasteiger partial charge on any atom is -0.508 e. The first-order valence-corrected chi connectivity index (χ1v) is 6.37. The fraction of sp³-hybridized carbons (Fsp3) is 0.188. The third-order valence-corrected chi connectivity index (χ3v) is 3.40. The molecule has 4 heteroatoms. The molecule has 2 aromatic carbocycles. The van der Waals surface area contributed by atoms with Gasteiger partial charge in [0.1, 0.15) is 28.9 Å². The Bertz CT molecular complexity index is 691. The van der Waals surface area contributed by atoms with Gasteiger partial charge >= 0.3 is 0 Å². The van der Waals surface area contributed by atoms with E-state index in [-0.39, 0.29) is 35.0 Å². The molecule has 1 aliphatic heterocycles. The van der Waals surface area contributed by atoms with Crippen molar-refractivity contribution in [3.05, 3.63) is 53.1 Å². The monoisotopic (exact) mass is 270 g/mol. The van der Waals surface area contributed by atoms with Crippen LogP contribution in [0.5, 0.6) is 17.2 Å². The summed E-state index contributed by atoms with van der Waals surface area (Å²) in [5, 5.41) is 19.3. The maximum Gasteiger partial charge on any atom is 0.174 e. The van der Waals surface area contributed by atoms with Crippen molar-refractivity contribution in [1.29, 1.82) is 0 Å². The highest BCUT2D eigenvalue weighted by Crippen LogP contribution is 2.41. The second-order valence-corrected chi connectivity index (χ2v) is 4.99. The lowest BCUT2D eigenvalue weighted by molar-refractivity contribution is 0.0845. The number of carbonyl (C=O) groups is 1. The number of ether oxygens (including phenoxy) is 1. The predicted octanol–water partition coefficient (Wildman–Crippen LogP) is 3.11. The number of aromatic hydroxyl groups is 2. The number of Topliss-reactive ketones (excluding diaryl/α,β-unsaturated/α-hetero) is 1. The largest absolute Gasteiger partial charge is 0.508 e. The molecule has 3 rings (SSSR count). The smallest absolute Gasteiger partial charge is 0.174 e. The Morgan fingerprint density at radius 1 is 1.20 bits per heavy atom. The molecule has 0 aromatic heterocycles. The Morgan fingerprint density at radius 2 is 2.00 bits per heavy atom. The zero-order valence-electron chi connectivity index (χ0n) is 11.0. The molecular formula is C16H14O4. The van der Waals surface area contributed by atoms with Gasteiger partial charge in [0.25, 0.3) is 0 Å². The van der Waals surface area contributed by atoms with Crippen LogP contribution < -0.4 is 4.74 Å². The molecule has 0 aliphatic carbocycles. The lowest BCUT2D eigenvalue weighted by Crippen LogP contribution is -2.20. The van der Waals surface area contributed by atoms with E-state index < -0.39 is 6.10 Å². The molecule has 4 nitrogen and oxygen atoms in total. The van der Waals surface area contributed by atoms with Gasteiger partial charge in [-0.25, -0.2) is 0 Å². The van der Waals surface area contributed by atoms with Crippen molar-refractivity contribution in [3.8, 4) is 17.2 Å². The summed E-state index contributed by atoms with van der Waals surface area (Å²) in [6, 6.07) is 10.2. The number of phenols is 2. The summed E-state index contributed by atoms with van der Waals surface area (Å²) in [6.07, 6.45) is -0.217. The fourth-order valence-electron chi connectivity index (χ4n) is 2.48. The van der Waals surface area contributed by atoms with Gasteiger partial charge in [0, 0.05) is 12.1 Å². The molecule has 1 atom stereocenters. The first-order chi connectivity index (χ1) is 9.54. The molecule has 2 aromatic rings. The lowest BCUT2D eigenvalue weighted by atomic mass is 9.95. The number of phenolic OH excluding ortho intramolecular Hbond substituents is 2. The average molecular weight is 270 g/mol. The van der Waals surface area contributed by atoms with Crippen molar-refractivity contribution < 1.29 is 19.7 Å². The van der Waals surface area contributed by atoms with Crippen LogP contribution >= 0.6 is 0 Å². The molecule has 1 aliphatic rings. The molecule has 0 saturated heterocycles. The molecule has 2 N–H and O–H groups in total. The minimum atomic E-state index is -0.393. The summed E-state index contributed by atoms with van der Waals surface area (Å²) < 4.78 is 5.76. The predicted molar refractivity (Wildman–Crippen MR) is 73.3 cm³/mol. The number of ketones is 1. The maximum atomic E-state index is 12.2. The van der Waals surface area contributed by atoms with Gasteiger partial charge < -0.3 is 14.9 Å². The fourth-order valence-corrected chi connectivity index (χ4v) is 2.48. The summed E-state index contributed by atoms with van der Waals surface area (Å²) in [4.78, 5) is 12.2. The van der Waals surface area contributed by atoms with Crippen molar-refractivity contribution in [3.63, 3.8) is 0 Å². The summed E-state index contributed by atoms with van der Waals surface area (Å²) in [7, 11) is 0. The van der Waals surface area contributed by atoms with Gasteiger partial charge in [0.15, 0.2) is 5.78 Å². The van der Waals surface area contributed by atoms with Crippen molar-refractivity contribution in [2.24, 2.45) is 0 Å². The molecule has 102 valence electrons. The van der Waals surface area contributed by atoms with Crippen LogP contribution in [0.25, 0.3) is 0 Å². The van der Waals surface area contributed by atoms with Gasteiger partial charge in [-0.05, 0) is 12.5 Å². The summed E-state index contributed by atoms with van der Waals surface area (Å²) in [5.74, 6) is -0.327. The Labute approximate surface area is 116 Å². The van der Waals surface area contributed by atoms with E-state index in [9.17, 15) is 15.0 Å². The summed E-state index contributed by atoms with van der Waals surface area (Å²) >= 11 is 0. The van der Waals surface area contributed by atoms with Crippen LogP contribution in [0.3, 0.4) is 0 Å². The SMILES string of the molecule is Cc1cccc(C2CC(=O)c3c(O)cc(O)cc3O2)c1. The zero-order chi connectivity index (χ0) is 14.3. The quantitative estimate of drug-likeness (QED) is 0.835. The van der Waals surface area contributed by atoms with Crippen molar-refractivity contribution >= 4 is 5.78 Å². The second-order valence-electron chi connectivity index (χ2n) is 4.99. The maximum absolute atomic E-state index is 12.2. The van der Waals surface area contributed by atoms with Gasteiger partial charge in [-0.1, -0.05) is 29.8 Å². The normalized spacial score (nSPS) is 17.4.